The minimum absolute atomic E-state index is 0.280. The molecule has 0 radical (unpaired) electrons. The molecule has 1 aromatic heterocycles. The van der Waals surface area contributed by atoms with Gasteiger partial charge in [0.05, 0.1) is 5.52 Å². The summed E-state index contributed by atoms with van der Waals surface area (Å²) in [6, 6.07) is 7.41. The van der Waals surface area contributed by atoms with Crippen LogP contribution in [0.3, 0.4) is 0 Å². The predicted octanol–water partition coefficient (Wildman–Crippen LogP) is 1.72. The molecule has 0 unspecified atom stereocenters. The Morgan fingerprint density at radius 3 is 2.75 bits per heavy atom. The molecule has 0 saturated carbocycles. The van der Waals surface area contributed by atoms with Crippen molar-refractivity contribution in [3.63, 3.8) is 0 Å². The van der Waals surface area contributed by atoms with Crippen LogP contribution in [-0.4, -0.2) is 10.1 Å². The number of nitrogens with two attached hydrogens (primary N) is 1. The predicted molar refractivity (Wildman–Crippen MR) is 63.4 cm³/mol. The van der Waals surface area contributed by atoms with E-state index in [1.54, 1.807) is 10.6 Å². The van der Waals surface area contributed by atoms with Crippen LogP contribution in [0.2, 0.25) is 0 Å². The third-order valence-corrected chi connectivity index (χ3v) is 2.55. The summed E-state index contributed by atoms with van der Waals surface area (Å²) in [5.74, 6) is -0.314. The number of rotatable bonds is 3. The number of benzene rings is 1. The van der Waals surface area contributed by atoms with E-state index in [1.165, 1.54) is 0 Å². The number of nitrogens with zero attached hydrogens (tertiary/aromatic N) is 1. The van der Waals surface area contributed by atoms with Crippen molar-refractivity contribution < 1.29 is 4.42 Å². The highest BCUT2D eigenvalue weighted by molar-refractivity contribution is 5.72. The molecule has 86 valence electrons. The molecule has 0 fully saturated rings. The summed E-state index contributed by atoms with van der Waals surface area (Å²) >= 11 is 0. The van der Waals surface area contributed by atoms with Crippen molar-refractivity contribution in [1.82, 2.24) is 4.57 Å². The van der Waals surface area contributed by atoms with E-state index in [1.807, 2.05) is 32.0 Å². The molecule has 16 heavy (non-hydrogen) atoms. The maximum Gasteiger partial charge on any atom is 0.419 e. The fraction of sp³-hybridized carbons (Fsp3) is 0.417. The van der Waals surface area contributed by atoms with Gasteiger partial charge in [0, 0.05) is 12.1 Å². The van der Waals surface area contributed by atoms with Crippen LogP contribution in [-0.2, 0) is 6.54 Å². The lowest BCUT2D eigenvalue weighted by Crippen LogP contribution is -2.34. The Hall–Kier alpha value is -1.55. The molecular formula is C12H16N2O2. The van der Waals surface area contributed by atoms with E-state index in [-0.39, 0.29) is 11.3 Å². The van der Waals surface area contributed by atoms with Gasteiger partial charge in [-0.1, -0.05) is 12.1 Å². The Labute approximate surface area is 93.7 Å². The fourth-order valence-corrected chi connectivity index (χ4v) is 1.63. The second kappa shape index (κ2) is 3.79. The van der Waals surface area contributed by atoms with Gasteiger partial charge in [0.2, 0.25) is 0 Å². The van der Waals surface area contributed by atoms with Crippen molar-refractivity contribution in [2.24, 2.45) is 5.73 Å². The molecule has 1 heterocycles. The van der Waals surface area contributed by atoms with Gasteiger partial charge in [0.25, 0.3) is 0 Å². The quantitative estimate of drug-likeness (QED) is 0.856. The average Bonchev–Trinajstić information content (AvgIpc) is 2.49. The third-order valence-electron chi connectivity index (χ3n) is 2.55. The van der Waals surface area contributed by atoms with E-state index in [4.69, 9.17) is 10.2 Å². The topological polar surface area (TPSA) is 61.2 Å². The van der Waals surface area contributed by atoms with E-state index < -0.39 is 0 Å². The lowest BCUT2D eigenvalue weighted by atomic mass is 10.0. The number of aryl methyl sites for hydroxylation is 1. The zero-order valence-electron chi connectivity index (χ0n) is 9.56. The summed E-state index contributed by atoms with van der Waals surface area (Å²) in [6.07, 6.45) is 0.733. The molecule has 0 aliphatic heterocycles. The van der Waals surface area contributed by atoms with Gasteiger partial charge in [-0.05, 0) is 32.4 Å². The highest BCUT2D eigenvalue weighted by atomic mass is 16.4. The average molecular weight is 220 g/mol. The van der Waals surface area contributed by atoms with Crippen LogP contribution in [0, 0.1) is 0 Å². The lowest BCUT2D eigenvalue weighted by Gasteiger charge is -2.17. The summed E-state index contributed by atoms with van der Waals surface area (Å²) in [4.78, 5) is 11.6. The molecule has 1 aromatic carbocycles. The molecule has 0 aliphatic carbocycles. The van der Waals surface area contributed by atoms with E-state index in [2.05, 4.69) is 0 Å². The smallest absolute Gasteiger partial charge is 0.408 e. The van der Waals surface area contributed by atoms with E-state index in [9.17, 15) is 4.79 Å². The van der Waals surface area contributed by atoms with Crippen LogP contribution in [0.4, 0.5) is 0 Å². The Bertz CT molecular complexity index is 546. The molecule has 0 amide bonds. The van der Waals surface area contributed by atoms with E-state index in [0.29, 0.717) is 12.1 Å². The molecule has 0 bridgehead atoms. The number of aromatic nitrogens is 1. The van der Waals surface area contributed by atoms with Gasteiger partial charge in [-0.25, -0.2) is 4.79 Å². The first-order valence-electron chi connectivity index (χ1n) is 5.35. The van der Waals surface area contributed by atoms with Crippen LogP contribution < -0.4 is 11.5 Å². The van der Waals surface area contributed by atoms with Gasteiger partial charge < -0.3 is 10.2 Å². The second-order valence-electron chi connectivity index (χ2n) is 4.73. The minimum atomic E-state index is -0.314. The van der Waals surface area contributed by atoms with Crippen molar-refractivity contribution in [3.8, 4) is 0 Å². The van der Waals surface area contributed by atoms with Crippen molar-refractivity contribution in [1.29, 1.82) is 0 Å². The highest BCUT2D eigenvalue weighted by Gasteiger charge is 2.14. The molecule has 4 heteroatoms. The number of oxazole rings is 1. The molecule has 0 saturated heterocycles. The van der Waals surface area contributed by atoms with Crippen LogP contribution >= 0.6 is 0 Å². The highest BCUT2D eigenvalue weighted by Crippen LogP contribution is 2.13. The summed E-state index contributed by atoms with van der Waals surface area (Å²) in [5.41, 5.74) is 7.08. The largest absolute Gasteiger partial charge is 0.419 e. The van der Waals surface area contributed by atoms with Crippen molar-refractivity contribution in [2.75, 3.05) is 0 Å². The number of hydrogen-bond donors (Lipinski definition) is 1. The Kier molecular flexibility index (Phi) is 2.59. The molecule has 0 aliphatic rings. The van der Waals surface area contributed by atoms with Gasteiger partial charge in [-0.15, -0.1) is 0 Å². The maximum absolute atomic E-state index is 11.6. The number of hydrogen-bond acceptors (Lipinski definition) is 3. The van der Waals surface area contributed by atoms with Gasteiger partial charge in [-0.2, -0.15) is 0 Å². The van der Waals surface area contributed by atoms with Crippen molar-refractivity contribution >= 4 is 11.1 Å². The number of fused-ring (bicyclic) bond motifs is 1. The zero-order valence-corrected chi connectivity index (χ0v) is 9.56. The molecule has 2 rings (SSSR count). The fourth-order valence-electron chi connectivity index (χ4n) is 1.63. The first-order valence-corrected chi connectivity index (χ1v) is 5.35. The molecule has 2 aromatic rings. The second-order valence-corrected chi connectivity index (χ2v) is 4.73. The SMILES string of the molecule is CC(C)(N)CCn1c(=O)oc2ccccc21. The van der Waals surface area contributed by atoms with Crippen LogP contribution in [0.5, 0.6) is 0 Å². The molecule has 4 nitrogen and oxygen atoms in total. The van der Waals surface area contributed by atoms with Gasteiger partial charge in [-0.3, -0.25) is 4.57 Å². The summed E-state index contributed by atoms with van der Waals surface area (Å²) < 4.78 is 6.76. The molecule has 0 spiro atoms. The summed E-state index contributed by atoms with van der Waals surface area (Å²) in [5, 5.41) is 0. The van der Waals surface area contributed by atoms with Crippen LogP contribution in [0.1, 0.15) is 20.3 Å². The van der Waals surface area contributed by atoms with Gasteiger partial charge >= 0.3 is 5.76 Å². The summed E-state index contributed by atoms with van der Waals surface area (Å²) in [7, 11) is 0. The Morgan fingerprint density at radius 1 is 1.38 bits per heavy atom. The Morgan fingerprint density at radius 2 is 2.06 bits per heavy atom. The van der Waals surface area contributed by atoms with Crippen molar-refractivity contribution in [3.05, 3.63) is 34.8 Å². The molecular weight excluding hydrogens is 204 g/mol. The molecule has 2 N–H and O–H groups in total. The zero-order chi connectivity index (χ0) is 11.8. The standard InChI is InChI=1S/C12H16N2O2/c1-12(2,13)7-8-14-9-5-3-4-6-10(9)16-11(14)15/h3-6H,7-8,13H2,1-2H3. The van der Waals surface area contributed by atoms with E-state index >= 15 is 0 Å². The third kappa shape index (κ3) is 2.17. The van der Waals surface area contributed by atoms with Crippen LogP contribution in [0.15, 0.2) is 33.5 Å². The van der Waals surface area contributed by atoms with Gasteiger partial charge in [0.15, 0.2) is 5.58 Å². The maximum atomic E-state index is 11.6. The van der Waals surface area contributed by atoms with Crippen molar-refractivity contribution in [2.45, 2.75) is 32.4 Å². The first-order chi connectivity index (χ1) is 7.47. The van der Waals surface area contributed by atoms with Gasteiger partial charge in [0.1, 0.15) is 0 Å². The summed E-state index contributed by atoms with van der Waals surface area (Å²) in [6.45, 7) is 4.47. The minimum Gasteiger partial charge on any atom is -0.408 e. The number of para-hydroxylation sites is 2. The normalized spacial score (nSPS) is 12.2. The first kappa shape index (κ1) is 11.0. The molecule has 0 atom stereocenters. The monoisotopic (exact) mass is 220 g/mol. The Balaban J connectivity index is 2.37. The van der Waals surface area contributed by atoms with E-state index in [0.717, 1.165) is 11.9 Å². The lowest BCUT2D eigenvalue weighted by molar-refractivity contribution is 0.418. The van der Waals surface area contributed by atoms with Crippen LogP contribution in [0.25, 0.3) is 11.1 Å².